The van der Waals surface area contributed by atoms with Gasteiger partial charge in [-0.2, -0.15) is 0 Å². The van der Waals surface area contributed by atoms with Crippen molar-refractivity contribution >= 4 is 23.5 Å². The van der Waals surface area contributed by atoms with Crippen LogP contribution in [0.3, 0.4) is 0 Å². The second-order valence-corrected chi connectivity index (χ2v) is 11.8. The number of barbiturate groups is 1. The number of piperidine rings is 1. The van der Waals surface area contributed by atoms with Crippen LogP contribution in [0.2, 0.25) is 0 Å². The van der Waals surface area contributed by atoms with Crippen LogP contribution in [0.15, 0.2) is 65.5 Å². The lowest BCUT2D eigenvalue weighted by Gasteiger charge is -2.47. The summed E-state index contributed by atoms with van der Waals surface area (Å²) in [5.41, 5.74) is 1.63. The topological polar surface area (TPSA) is 110 Å². The number of pyridine rings is 1. The van der Waals surface area contributed by atoms with Crippen LogP contribution < -0.4 is 25.2 Å². The fourth-order valence-electron chi connectivity index (χ4n) is 7.05. The van der Waals surface area contributed by atoms with E-state index in [4.69, 9.17) is 9.47 Å². The summed E-state index contributed by atoms with van der Waals surface area (Å²) in [7, 11) is 0. The van der Waals surface area contributed by atoms with Crippen LogP contribution in [0.25, 0.3) is 0 Å². The summed E-state index contributed by atoms with van der Waals surface area (Å²) in [4.78, 5) is 57.4. The van der Waals surface area contributed by atoms with Gasteiger partial charge in [0.25, 0.3) is 11.5 Å². The lowest BCUT2D eigenvalue weighted by Crippen LogP contribution is -2.68. The minimum atomic E-state index is -1.58. The van der Waals surface area contributed by atoms with Gasteiger partial charge < -0.3 is 18.9 Å². The normalized spacial score (nSPS) is 24.9. The maximum absolute atomic E-state index is 14.5. The molecule has 2 bridgehead atoms. The van der Waals surface area contributed by atoms with Crippen molar-refractivity contribution in [2.75, 3.05) is 31.3 Å². The lowest BCUT2D eigenvalue weighted by atomic mass is 9.75. The van der Waals surface area contributed by atoms with Crippen molar-refractivity contribution in [3.63, 3.8) is 0 Å². The number of nitrogens with one attached hydrogen (secondary N) is 1. The van der Waals surface area contributed by atoms with Gasteiger partial charge in [0, 0.05) is 43.9 Å². The molecule has 3 aromatic rings. The molecule has 216 valence electrons. The van der Waals surface area contributed by atoms with Crippen molar-refractivity contribution in [1.29, 1.82) is 0 Å². The number of urea groups is 1. The van der Waals surface area contributed by atoms with Crippen molar-refractivity contribution in [2.24, 2.45) is 11.3 Å². The number of aryl methyl sites for hydroxylation is 1. The smallest absolute Gasteiger partial charge is 0.335 e. The van der Waals surface area contributed by atoms with Crippen LogP contribution in [0, 0.1) is 11.3 Å². The number of hydrogen-bond donors (Lipinski definition) is 1. The van der Waals surface area contributed by atoms with Gasteiger partial charge in [0.1, 0.15) is 5.41 Å². The Hall–Kier alpha value is -4.44. The first-order valence-corrected chi connectivity index (χ1v) is 14.4. The Kier molecular flexibility index (Phi) is 6.38. The summed E-state index contributed by atoms with van der Waals surface area (Å²) in [5.74, 6) is 0.325. The van der Waals surface area contributed by atoms with Crippen molar-refractivity contribution in [3.8, 4) is 11.5 Å². The summed E-state index contributed by atoms with van der Waals surface area (Å²) in [6, 6.07) is 17.3. The van der Waals surface area contributed by atoms with Crippen LogP contribution in [0.1, 0.15) is 36.1 Å². The molecule has 3 atom stereocenters. The van der Waals surface area contributed by atoms with Gasteiger partial charge >= 0.3 is 6.03 Å². The summed E-state index contributed by atoms with van der Waals surface area (Å²) in [6.45, 7) is 4.12. The Balaban J connectivity index is 1.26. The molecule has 7 rings (SSSR count). The van der Waals surface area contributed by atoms with Crippen molar-refractivity contribution in [2.45, 2.75) is 38.6 Å². The minimum Gasteiger partial charge on any atom is -0.454 e. The third-order valence-corrected chi connectivity index (χ3v) is 9.07. The molecule has 5 heterocycles. The number of ether oxygens (including phenoxy) is 2. The monoisotopic (exact) mass is 568 g/mol. The molecule has 1 aromatic heterocycles. The van der Waals surface area contributed by atoms with Crippen LogP contribution in [0.4, 0.5) is 10.5 Å². The van der Waals surface area contributed by atoms with Gasteiger partial charge in [-0.15, -0.1) is 0 Å². The van der Waals surface area contributed by atoms with Crippen LogP contribution in [-0.2, 0) is 29.0 Å². The van der Waals surface area contributed by atoms with Crippen molar-refractivity contribution in [1.82, 2.24) is 14.8 Å². The van der Waals surface area contributed by atoms with Crippen LogP contribution in [0.5, 0.6) is 11.5 Å². The highest BCUT2D eigenvalue weighted by molar-refractivity contribution is 6.30. The molecule has 42 heavy (non-hydrogen) atoms. The molecular weight excluding hydrogens is 536 g/mol. The van der Waals surface area contributed by atoms with Gasteiger partial charge in [0.15, 0.2) is 11.5 Å². The fourth-order valence-corrected chi connectivity index (χ4v) is 7.05. The highest BCUT2D eigenvalue weighted by Gasteiger charge is 2.56. The average Bonchev–Trinajstić information content (AvgIpc) is 3.45. The van der Waals surface area contributed by atoms with Crippen molar-refractivity contribution in [3.05, 3.63) is 87.8 Å². The maximum Gasteiger partial charge on any atom is 0.335 e. The van der Waals surface area contributed by atoms with E-state index >= 15 is 0 Å². The van der Waals surface area contributed by atoms with E-state index in [1.165, 1.54) is 0 Å². The Bertz CT molecular complexity index is 1650. The third kappa shape index (κ3) is 4.37. The number of amides is 4. The number of nitrogens with zero attached hydrogens (tertiary/aromatic N) is 3. The molecule has 0 aliphatic carbocycles. The molecule has 0 saturated carbocycles. The number of carbonyl (C=O) groups excluding carboxylic acids is 3. The molecule has 10 nitrogen and oxygen atoms in total. The average molecular weight is 569 g/mol. The molecule has 2 saturated heterocycles. The number of aromatic nitrogens is 1. The summed E-state index contributed by atoms with van der Waals surface area (Å²) >= 11 is 0. The number of rotatable bonds is 6. The zero-order chi connectivity index (χ0) is 29.0. The summed E-state index contributed by atoms with van der Waals surface area (Å²) in [6.07, 6.45) is 1.84. The van der Waals surface area contributed by atoms with Crippen molar-refractivity contribution < 1.29 is 23.9 Å². The fraction of sp³-hybridized carbons (Fsp3) is 0.375. The number of carbonyl (C=O) groups is 3. The molecule has 4 amide bonds. The SMILES string of the molecule is CCc1ccc(N2C(=O)NC(=O)C(Cc3ccc4c(c3)OCO4)(CN3C[C@H]4C[C@@H](C3)c3cccc(=O)n3C4)C2=O)cc1. The standard InChI is InChI=1S/C32H32N4O6/c1-2-20-6-9-24(10-7-20)36-30(39)32(29(38)33-31(36)40,14-21-8-11-26-27(13-21)42-19-41-26)18-34-15-22-12-23(17-34)25-4-3-5-28(37)35(25)16-22/h3-11,13,22-23H,2,12,14-19H2,1H3,(H,33,38,40)/t22-,23+,32?/m1/s1. The maximum atomic E-state index is 14.5. The first kappa shape index (κ1) is 26.5. The Morgan fingerprint density at radius 3 is 2.50 bits per heavy atom. The second kappa shape index (κ2) is 10.1. The largest absolute Gasteiger partial charge is 0.454 e. The molecule has 4 aliphatic rings. The molecular formula is C32H32N4O6. The number of benzene rings is 2. The number of imide groups is 2. The highest BCUT2D eigenvalue weighted by Crippen LogP contribution is 2.40. The van der Waals surface area contributed by atoms with Gasteiger partial charge in [0.2, 0.25) is 12.7 Å². The van der Waals surface area contributed by atoms with Crippen LogP contribution >= 0.6 is 0 Å². The molecule has 10 heteroatoms. The predicted octanol–water partition coefficient (Wildman–Crippen LogP) is 3.07. The van der Waals surface area contributed by atoms with E-state index < -0.39 is 23.3 Å². The Morgan fingerprint density at radius 1 is 0.905 bits per heavy atom. The molecule has 2 fully saturated rings. The van der Waals surface area contributed by atoms with Gasteiger partial charge in [-0.3, -0.25) is 19.7 Å². The zero-order valence-corrected chi connectivity index (χ0v) is 23.4. The number of hydrogen-bond acceptors (Lipinski definition) is 7. The number of anilines is 1. The van der Waals surface area contributed by atoms with E-state index in [0.717, 1.165) is 34.6 Å². The molecule has 1 N–H and O–H groups in total. The molecule has 1 unspecified atom stereocenters. The van der Waals surface area contributed by atoms with E-state index in [-0.39, 0.29) is 37.2 Å². The van der Waals surface area contributed by atoms with E-state index in [1.807, 2.05) is 35.8 Å². The van der Waals surface area contributed by atoms with Gasteiger partial charge in [-0.1, -0.05) is 31.2 Å². The lowest BCUT2D eigenvalue weighted by molar-refractivity contribution is -0.144. The van der Waals surface area contributed by atoms with E-state index in [9.17, 15) is 19.2 Å². The highest BCUT2D eigenvalue weighted by atomic mass is 16.7. The molecule has 4 aliphatic heterocycles. The number of fused-ring (bicyclic) bond motifs is 5. The third-order valence-electron chi connectivity index (χ3n) is 9.07. The first-order valence-electron chi connectivity index (χ1n) is 14.4. The van der Waals surface area contributed by atoms with Gasteiger partial charge in [-0.25, -0.2) is 9.69 Å². The molecule has 2 aromatic carbocycles. The Morgan fingerprint density at radius 2 is 1.69 bits per heavy atom. The quantitative estimate of drug-likeness (QED) is 0.455. The first-order chi connectivity index (χ1) is 20.3. The van der Waals surface area contributed by atoms with E-state index in [0.29, 0.717) is 36.8 Å². The predicted molar refractivity (Wildman–Crippen MR) is 154 cm³/mol. The summed E-state index contributed by atoms with van der Waals surface area (Å²) in [5, 5.41) is 2.51. The van der Waals surface area contributed by atoms with Gasteiger partial charge in [-0.05, 0) is 66.6 Å². The van der Waals surface area contributed by atoms with E-state index in [1.54, 1.807) is 36.4 Å². The van der Waals surface area contributed by atoms with Gasteiger partial charge in [0.05, 0.1) is 5.69 Å². The van der Waals surface area contributed by atoms with E-state index in [2.05, 4.69) is 10.2 Å². The van der Waals surface area contributed by atoms with Crippen LogP contribution in [-0.4, -0.2) is 53.7 Å². The summed E-state index contributed by atoms with van der Waals surface area (Å²) < 4.78 is 12.9. The second-order valence-electron chi connectivity index (χ2n) is 11.8. The Labute approximate surface area is 242 Å². The minimum absolute atomic E-state index is 0.00000951. The molecule has 0 radical (unpaired) electrons. The number of likely N-dealkylation sites (tertiary alicyclic amines) is 1. The molecule has 0 spiro atoms. The zero-order valence-electron chi connectivity index (χ0n) is 23.4.